The second kappa shape index (κ2) is 8.34. The van der Waals surface area contributed by atoms with Crippen molar-refractivity contribution in [3.63, 3.8) is 0 Å². The van der Waals surface area contributed by atoms with E-state index in [4.69, 9.17) is 9.47 Å². The standard InChI is InChI=1S/C13H19NO2.ClH/c1-2-5-12(6-3-1)15-9-10-16-13-7-4-8-14-11-13;/h1-3,5-6,13-14H,4,7-11H2;1H. The Hall–Kier alpha value is -0.770. The van der Waals surface area contributed by atoms with Crippen molar-refractivity contribution in [2.75, 3.05) is 26.3 Å². The molecular weight excluding hydrogens is 238 g/mol. The van der Waals surface area contributed by atoms with Gasteiger partial charge in [0.05, 0.1) is 12.7 Å². The van der Waals surface area contributed by atoms with E-state index in [2.05, 4.69) is 5.32 Å². The molecule has 1 aliphatic rings. The number of hydrogen-bond donors (Lipinski definition) is 1. The smallest absolute Gasteiger partial charge is 0.119 e. The quantitative estimate of drug-likeness (QED) is 0.821. The molecule has 0 amide bonds. The molecule has 1 heterocycles. The minimum atomic E-state index is 0. The second-order valence-electron chi connectivity index (χ2n) is 4.00. The van der Waals surface area contributed by atoms with Gasteiger partial charge < -0.3 is 14.8 Å². The average Bonchev–Trinajstić information content (AvgIpc) is 2.37. The summed E-state index contributed by atoms with van der Waals surface area (Å²) in [6.07, 6.45) is 2.75. The Morgan fingerprint density at radius 2 is 2.00 bits per heavy atom. The van der Waals surface area contributed by atoms with Crippen LogP contribution in [0.2, 0.25) is 0 Å². The lowest BCUT2D eigenvalue weighted by Gasteiger charge is -2.23. The minimum Gasteiger partial charge on any atom is -0.491 e. The zero-order valence-corrected chi connectivity index (χ0v) is 10.7. The number of ether oxygens (including phenoxy) is 2. The number of nitrogens with one attached hydrogen (secondary N) is 1. The SMILES string of the molecule is Cl.c1ccc(OCCOC2CCCNC2)cc1. The van der Waals surface area contributed by atoms with Crippen molar-refractivity contribution >= 4 is 12.4 Å². The lowest BCUT2D eigenvalue weighted by atomic mass is 10.1. The van der Waals surface area contributed by atoms with E-state index in [0.29, 0.717) is 19.3 Å². The lowest BCUT2D eigenvalue weighted by molar-refractivity contribution is 0.0205. The second-order valence-corrected chi connectivity index (χ2v) is 4.00. The Morgan fingerprint density at radius 3 is 2.71 bits per heavy atom. The van der Waals surface area contributed by atoms with E-state index in [9.17, 15) is 0 Å². The Balaban J connectivity index is 0.00000144. The van der Waals surface area contributed by atoms with E-state index in [-0.39, 0.29) is 12.4 Å². The van der Waals surface area contributed by atoms with Gasteiger partial charge in [0.1, 0.15) is 12.4 Å². The summed E-state index contributed by atoms with van der Waals surface area (Å²) in [5.74, 6) is 0.910. The molecule has 96 valence electrons. The van der Waals surface area contributed by atoms with Gasteiger partial charge in [-0.1, -0.05) is 18.2 Å². The Kier molecular flexibility index (Phi) is 7.01. The molecule has 0 bridgehead atoms. The zero-order valence-electron chi connectivity index (χ0n) is 9.93. The Labute approximate surface area is 109 Å². The maximum atomic E-state index is 5.72. The molecule has 1 atom stereocenters. The van der Waals surface area contributed by atoms with E-state index in [1.165, 1.54) is 12.8 Å². The molecule has 1 aromatic carbocycles. The highest BCUT2D eigenvalue weighted by Crippen LogP contribution is 2.09. The first-order chi connectivity index (χ1) is 7.95. The number of halogens is 1. The van der Waals surface area contributed by atoms with Crippen molar-refractivity contribution in [3.05, 3.63) is 30.3 Å². The topological polar surface area (TPSA) is 30.5 Å². The lowest BCUT2D eigenvalue weighted by Crippen LogP contribution is -2.36. The van der Waals surface area contributed by atoms with Crippen LogP contribution < -0.4 is 10.1 Å². The van der Waals surface area contributed by atoms with Crippen LogP contribution in [0.4, 0.5) is 0 Å². The number of rotatable bonds is 5. The molecule has 1 saturated heterocycles. The molecule has 0 saturated carbocycles. The zero-order chi connectivity index (χ0) is 11.1. The Morgan fingerprint density at radius 1 is 1.18 bits per heavy atom. The predicted octanol–water partition coefficient (Wildman–Crippen LogP) is 2.26. The molecule has 1 unspecified atom stereocenters. The largest absolute Gasteiger partial charge is 0.491 e. The van der Waals surface area contributed by atoms with E-state index in [0.717, 1.165) is 18.8 Å². The maximum Gasteiger partial charge on any atom is 0.119 e. The first-order valence-electron chi connectivity index (χ1n) is 5.95. The van der Waals surface area contributed by atoms with E-state index in [1.807, 2.05) is 30.3 Å². The summed E-state index contributed by atoms with van der Waals surface area (Å²) in [5, 5.41) is 3.33. The summed E-state index contributed by atoms with van der Waals surface area (Å²) in [6.45, 7) is 3.40. The van der Waals surface area contributed by atoms with Crippen LogP contribution in [0.5, 0.6) is 5.75 Å². The fourth-order valence-electron chi connectivity index (χ4n) is 1.85. The molecule has 17 heavy (non-hydrogen) atoms. The van der Waals surface area contributed by atoms with Crippen LogP contribution in [-0.2, 0) is 4.74 Å². The van der Waals surface area contributed by atoms with Crippen molar-refractivity contribution in [2.45, 2.75) is 18.9 Å². The molecule has 1 fully saturated rings. The maximum absolute atomic E-state index is 5.72. The van der Waals surface area contributed by atoms with Crippen LogP contribution in [0.15, 0.2) is 30.3 Å². The molecule has 0 spiro atoms. The van der Waals surface area contributed by atoms with Crippen molar-refractivity contribution in [2.24, 2.45) is 0 Å². The van der Waals surface area contributed by atoms with Crippen molar-refractivity contribution < 1.29 is 9.47 Å². The normalized spacial score (nSPS) is 19.4. The van der Waals surface area contributed by atoms with Gasteiger partial charge in [-0.05, 0) is 31.5 Å². The highest BCUT2D eigenvalue weighted by atomic mass is 35.5. The van der Waals surface area contributed by atoms with Crippen LogP contribution in [0.1, 0.15) is 12.8 Å². The summed E-state index contributed by atoms with van der Waals surface area (Å²) >= 11 is 0. The summed E-state index contributed by atoms with van der Waals surface area (Å²) in [4.78, 5) is 0. The van der Waals surface area contributed by atoms with Crippen LogP contribution in [0, 0.1) is 0 Å². The Bertz CT molecular complexity index is 289. The molecule has 0 aliphatic carbocycles. The minimum absolute atomic E-state index is 0. The van der Waals surface area contributed by atoms with Gasteiger partial charge in [0.2, 0.25) is 0 Å². The highest BCUT2D eigenvalue weighted by molar-refractivity contribution is 5.85. The van der Waals surface area contributed by atoms with Gasteiger partial charge in [0.25, 0.3) is 0 Å². The van der Waals surface area contributed by atoms with Gasteiger partial charge in [-0.15, -0.1) is 12.4 Å². The molecule has 1 N–H and O–H groups in total. The summed E-state index contributed by atoms with van der Waals surface area (Å²) in [6, 6.07) is 9.85. The van der Waals surface area contributed by atoms with Crippen molar-refractivity contribution in [1.82, 2.24) is 5.32 Å². The van der Waals surface area contributed by atoms with Crippen LogP contribution in [0.3, 0.4) is 0 Å². The molecule has 1 aliphatic heterocycles. The summed E-state index contributed by atoms with van der Waals surface area (Å²) in [5.41, 5.74) is 0. The van der Waals surface area contributed by atoms with Gasteiger partial charge >= 0.3 is 0 Å². The van der Waals surface area contributed by atoms with Crippen LogP contribution in [0.25, 0.3) is 0 Å². The third-order valence-corrected chi connectivity index (χ3v) is 2.70. The third-order valence-electron chi connectivity index (χ3n) is 2.70. The first kappa shape index (κ1) is 14.3. The fraction of sp³-hybridized carbons (Fsp3) is 0.538. The predicted molar refractivity (Wildman–Crippen MR) is 71.0 cm³/mol. The van der Waals surface area contributed by atoms with Crippen molar-refractivity contribution in [3.8, 4) is 5.75 Å². The van der Waals surface area contributed by atoms with Crippen molar-refractivity contribution in [1.29, 1.82) is 0 Å². The third kappa shape index (κ3) is 5.39. The van der Waals surface area contributed by atoms with Gasteiger partial charge in [0.15, 0.2) is 0 Å². The van der Waals surface area contributed by atoms with Gasteiger partial charge in [0, 0.05) is 6.54 Å². The molecule has 1 aromatic rings. The van der Waals surface area contributed by atoms with E-state index < -0.39 is 0 Å². The van der Waals surface area contributed by atoms with Gasteiger partial charge in [-0.2, -0.15) is 0 Å². The molecular formula is C13H20ClNO2. The highest BCUT2D eigenvalue weighted by Gasteiger charge is 2.12. The monoisotopic (exact) mass is 257 g/mol. The van der Waals surface area contributed by atoms with E-state index in [1.54, 1.807) is 0 Å². The number of benzene rings is 1. The molecule has 0 aromatic heterocycles. The first-order valence-corrected chi connectivity index (χ1v) is 5.95. The molecule has 3 nitrogen and oxygen atoms in total. The number of hydrogen-bond acceptors (Lipinski definition) is 3. The van der Waals surface area contributed by atoms with Gasteiger partial charge in [-0.3, -0.25) is 0 Å². The van der Waals surface area contributed by atoms with Gasteiger partial charge in [-0.25, -0.2) is 0 Å². The summed E-state index contributed by atoms with van der Waals surface area (Å²) in [7, 11) is 0. The number of piperidine rings is 1. The average molecular weight is 258 g/mol. The fourth-order valence-corrected chi connectivity index (χ4v) is 1.85. The number of para-hydroxylation sites is 1. The summed E-state index contributed by atoms with van der Waals surface area (Å²) < 4.78 is 11.3. The molecule has 4 heteroatoms. The van der Waals surface area contributed by atoms with Crippen LogP contribution in [-0.4, -0.2) is 32.4 Å². The van der Waals surface area contributed by atoms with E-state index >= 15 is 0 Å². The molecule has 2 rings (SSSR count). The van der Waals surface area contributed by atoms with Crippen LogP contribution >= 0.6 is 12.4 Å². The molecule has 0 radical (unpaired) electrons.